The van der Waals surface area contributed by atoms with E-state index < -0.39 is 11.6 Å². The van der Waals surface area contributed by atoms with Gasteiger partial charge in [0.15, 0.2) is 0 Å². The van der Waals surface area contributed by atoms with Crippen LogP contribution in [0, 0.1) is 13.8 Å². The Bertz CT molecular complexity index is 958. The van der Waals surface area contributed by atoms with E-state index in [0.29, 0.717) is 11.1 Å². The van der Waals surface area contributed by atoms with E-state index in [4.69, 9.17) is 0 Å². The maximum absolute atomic E-state index is 14.7. The molecular formula is C24H21F3. The van der Waals surface area contributed by atoms with Gasteiger partial charge in [0.1, 0.15) is 5.41 Å². The van der Waals surface area contributed by atoms with Crippen LogP contribution in [0.1, 0.15) is 45.7 Å². The molecule has 1 aliphatic rings. The second kappa shape index (κ2) is 6.26. The first-order valence-corrected chi connectivity index (χ1v) is 9.13. The lowest BCUT2D eigenvalue weighted by atomic mass is 9.73. The number of halogens is 3. The molecule has 138 valence electrons. The van der Waals surface area contributed by atoms with Crippen LogP contribution in [0.2, 0.25) is 0 Å². The number of rotatable bonds is 2. The van der Waals surface area contributed by atoms with Gasteiger partial charge < -0.3 is 0 Å². The van der Waals surface area contributed by atoms with E-state index in [1.165, 1.54) is 0 Å². The van der Waals surface area contributed by atoms with Crippen LogP contribution in [0.15, 0.2) is 72.8 Å². The monoisotopic (exact) mass is 366 g/mol. The van der Waals surface area contributed by atoms with E-state index in [1.807, 2.05) is 50.2 Å². The summed E-state index contributed by atoms with van der Waals surface area (Å²) in [6.07, 6.45) is -4.38. The maximum atomic E-state index is 14.7. The Morgan fingerprint density at radius 1 is 0.815 bits per heavy atom. The normalized spacial score (nSPS) is 21.9. The van der Waals surface area contributed by atoms with Gasteiger partial charge in [-0.3, -0.25) is 0 Å². The van der Waals surface area contributed by atoms with Crippen LogP contribution in [-0.4, -0.2) is 6.18 Å². The second-order valence-corrected chi connectivity index (χ2v) is 7.46. The lowest BCUT2D eigenvalue weighted by molar-refractivity contribution is -0.178. The molecule has 2 atom stereocenters. The Morgan fingerprint density at radius 3 is 1.96 bits per heavy atom. The van der Waals surface area contributed by atoms with Crippen molar-refractivity contribution in [3.05, 3.63) is 106 Å². The van der Waals surface area contributed by atoms with E-state index >= 15 is 0 Å². The quantitative estimate of drug-likeness (QED) is 0.474. The third-order valence-electron chi connectivity index (χ3n) is 5.96. The van der Waals surface area contributed by atoms with Crippen LogP contribution in [0.25, 0.3) is 0 Å². The molecule has 0 aliphatic heterocycles. The number of benzene rings is 3. The average molecular weight is 366 g/mol. The summed E-state index contributed by atoms with van der Waals surface area (Å²) in [5.41, 5.74) is 2.39. The van der Waals surface area contributed by atoms with Gasteiger partial charge in [-0.05, 0) is 53.6 Å². The standard InChI is InChI=1S/C24H21F3/c1-16-13-20-21(18-9-5-3-6-10-18)15-23(24(25,26)27,22(20)14-17(16)2)19-11-7-4-8-12-19/h3-14,21H,15H2,1-2H3/t21-,23+/m0/s1. The van der Waals surface area contributed by atoms with Gasteiger partial charge in [0, 0.05) is 5.92 Å². The second-order valence-electron chi connectivity index (χ2n) is 7.46. The number of hydrogen-bond acceptors (Lipinski definition) is 0. The van der Waals surface area contributed by atoms with Crippen molar-refractivity contribution in [1.29, 1.82) is 0 Å². The molecule has 0 fully saturated rings. The zero-order chi connectivity index (χ0) is 19.2. The van der Waals surface area contributed by atoms with Gasteiger partial charge in [-0.1, -0.05) is 72.8 Å². The summed E-state index contributed by atoms with van der Waals surface area (Å²) in [6, 6.07) is 21.6. The van der Waals surface area contributed by atoms with Crippen molar-refractivity contribution < 1.29 is 13.2 Å². The van der Waals surface area contributed by atoms with Crippen molar-refractivity contribution in [2.75, 3.05) is 0 Å². The SMILES string of the molecule is Cc1cc2c(cc1C)[C@@](c1ccccc1)(C(F)(F)F)C[C@H]2c1ccccc1. The molecule has 0 heterocycles. The minimum atomic E-state index is -4.38. The fraction of sp³-hybridized carbons (Fsp3) is 0.250. The van der Waals surface area contributed by atoms with Crippen molar-refractivity contribution in [1.82, 2.24) is 0 Å². The Morgan fingerprint density at radius 2 is 1.37 bits per heavy atom. The Labute approximate surface area is 157 Å². The highest BCUT2D eigenvalue weighted by atomic mass is 19.4. The Balaban J connectivity index is 2.04. The minimum absolute atomic E-state index is 0.00273. The zero-order valence-corrected chi connectivity index (χ0v) is 15.3. The summed E-state index contributed by atoms with van der Waals surface area (Å²) in [6.45, 7) is 3.85. The minimum Gasteiger partial charge on any atom is -0.170 e. The van der Waals surface area contributed by atoms with Crippen LogP contribution < -0.4 is 0 Å². The first-order chi connectivity index (χ1) is 12.8. The molecule has 0 N–H and O–H groups in total. The summed E-state index contributed by atoms with van der Waals surface area (Å²) < 4.78 is 44.1. The van der Waals surface area contributed by atoms with Crippen LogP contribution in [-0.2, 0) is 5.41 Å². The molecular weight excluding hydrogens is 345 g/mol. The van der Waals surface area contributed by atoms with Crippen molar-refractivity contribution in [3.63, 3.8) is 0 Å². The van der Waals surface area contributed by atoms with Crippen LogP contribution in [0.4, 0.5) is 13.2 Å². The molecule has 0 spiro atoms. The van der Waals surface area contributed by atoms with Crippen LogP contribution in [0.5, 0.6) is 0 Å². The molecule has 0 saturated carbocycles. The van der Waals surface area contributed by atoms with Crippen molar-refractivity contribution in [3.8, 4) is 0 Å². The number of hydrogen-bond donors (Lipinski definition) is 0. The molecule has 0 nitrogen and oxygen atoms in total. The number of aryl methyl sites for hydroxylation is 2. The van der Waals surface area contributed by atoms with E-state index in [9.17, 15) is 13.2 Å². The summed E-state index contributed by atoms with van der Waals surface area (Å²) in [4.78, 5) is 0. The van der Waals surface area contributed by atoms with Crippen molar-refractivity contribution in [2.24, 2.45) is 0 Å². The Kier molecular flexibility index (Phi) is 4.14. The number of alkyl halides is 3. The first kappa shape index (κ1) is 17.8. The lowest BCUT2D eigenvalue weighted by Crippen LogP contribution is -2.41. The highest BCUT2D eigenvalue weighted by Gasteiger charge is 2.62. The van der Waals surface area contributed by atoms with Crippen molar-refractivity contribution >= 4 is 0 Å². The molecule has 0 radical (unpaired) electrons. The molecule has 0 saturated heterocycles. The third kappa shape index (κ3) is 2.68. The molecule has 4 rings (SSSR count). The van der Waals surface area contributed by atoms with Gasteiger partial charge in [-0.2, -0.15) is 13.2 Å². The summed E-state index contributed by atoms with van der Waals surface area (Å²) in [5, 5.41) is 0. The van der Waals surface area contributed by atoms with Crippen LogP contribution in [0.3, 0.4) is 0 Å². The van der Waals surface area contributed by atoms with Crippen molar-refractivity contribution in [2.45, 2.75) is 37.8 Å². The molecule has 1 aliphatic carbocycles. The highest BCUT2D eigenvalue weighted by Crippen LogP contribution is 2.59. The van der Waals surface area contributed by atoms with Gasteiger partial charge in [0.2, 0.25) is 0 Å². The van der Waals surface area contributed by atoms with E-state index in [0.717, 1.165) is 22.3 Å². The van der Waals surface area contributed by atoms with Gasteiger partial charge in [-0.25, -0.2) is 0 Å². The Hall–Kier alpha value is -2.55. The molecule has 0 bridgehead atoms. The molecule has 3 aromatic rings. The molecule has 0 aromatic heterocycles. The first-order valence-electron chi connectivity index (χ1n) is 9.13. The maximum Gasteiger partial charge on any atom is 0.402 e. The topological polar surface area (TPSA) is 0 Å². The summed E-state index contributed by atoms with van der Waals surface area (Å²) in [5.74, 6) is -0.276. The van der Waals surface area contributed by atoms with Gasteiger partial charge in [-0.15, -0.1) is 0 Å². The van der Waals surface area contributed by atoms with Gasteiger partial charge >= 0.3 is 6.18 Å². The lowest BCUT2D eigenvalue weighted by Gasteiger charge is -2.34. The largest absolute Gasteiger partial charge is 0.402 e. The molecule has 0 amide bonds. The summed E-state index contributed by atoms with van der Waals surface area (Å²) in [7, 11) is 0. The van der Waals surface area contributed by atoms with Crippen LogP contribution >= 0.6 is 0 Å². The fourth-order valence-electron chi connectivity index (χ4n) is 4.43. The zero-order valence-electron chi connectivity index (χ0n) is 15.3. The predicted molar refractivity (Wildman–Crippen MR) is 102 cm³/mol. The van der Waals surface area contributed by atoms with Gasteiger partial charge in [0.25, 0.3) is 0 Å². The highest BCUT2D eigenvalue weighted by molar-refractivity contribution is 5.57. The average Bonchev–Trinajstić information content (AvgIpc) is 2.99. The van der Waals surface area contributed by atoms with E-state index in [-0.39, 0.29) is 12.3 Å². The van der Waals surface area contributed by atoms with E-state index in [1.54, 1.807) is 36.4 Å². The van der Waals surface area contributed by atoms with Gasteiger partial charge in [0.05, 0.1) is 0 Å². The third-order valence-corrected chi connectivity index (χ3v) is 5.96. The molecule has 0 unspecified atom stereocenters. The van der Waals surface area contributed by atoms with E-state index in [2.05, 4.69) is 0 Å². The molecule has 27 heavy (non-hydrogen) atoms. The molecule has 3 heteroatoms. The number of fused-ring (bicyclic) bond motifs is 1. The predicted octanol–water partition coefficient (Wildman–Crippen LogP) is 6.69. The fourth-order valence-corrected chi connectivity index (χ4v) is 4.43. The summed E-state index contributed by atoms with van der Waals surface area (Å²) >= 11 is 0. The smallest absolute Gasteiger partial charge is 0.170 e. The molecule has 3 aromatic carbocycles.